The Morgan fingerprint density at radius 2 is 2.25 bits per heavy atom. The summed E-state index contributed by atoms with van der Waals surface area (Å²) in [7, 11) is 1.54. The molecule has 82 valence electrons. The average molecular weight is 233 g/mol. The monoisotopic (exact) mass is 233 g/mol. The third-order valence-electron chi connectivity index (χ3n) is 2.27. The fraction of sp³-hybridized carbons (Fsp3) is 0.167. The number of nitrogens with zero attached hydrogens (tertiary/aromatic N) is 1. The molecule has 0 aliphatic rings. The molecule has 0 radical (unpaired) electrons. The number of hydrogen-bond acceptors (Lipinski definition) is 4. The van der Waals surface area contributed by atoms with Gasteiger partial charge in [-0.3, -0.25) is 4.79 Å². The summed E-state index contributed by atoms with van der Waals surface area (Å²) in [5.41, 5.74) is 1.35. The van der Waals surface area contributed by atoms with Crippen molar-refractivity contribution in [3.8, 4) is 5.75 Å². The quantitative estimate of drug-likeness (QED) is 0.765. The molecule has 2 aromatic rings. The minimum atomic E-state index is -0.0787. The van der Waals surface area contributed by atoms with E-state index in [0.29, 0.717) is 11.4 Å². The Morgan fingerprint density at radius 3 is 2.88 bits per heavy atom. The van der Waals surface area contributed by atoms with E-state index in [2.05, 4.69) is 4.98 Å². The number of aryl methyl sites for hydroxylation is 1. The van der Waals surface area contributed by atoms with E-state index in [1.165, 1.54) is 18.4 Å². The fourth-order valence-electron chi connectivity index (χ4n) is 1.44. The number of ketones is 1. The van der Waals surface area contributed by atoms with Gasteiger partial charge in [-0.05, 0) is 36.1 Å². The van der Waals surface area contributed by atoms with Crippen molar-refractivity contribution in [1.82, 2.24) is 4.98 Å². The molecule has 4 heteroatoms. The minimum absolute atomic E-state index is 0.0787. The van der Waals surface area contributed by atoms with E-state index in [4.69, 9.17) is 4.74 Å². The SMILES string of the molecule is COc1cccnc1C(=O)c1sccc1C. The molecule has 0 amide bonds. The molecule has 3 nitrogen and oxygen atoms in total. The zero-order valence-corrected chi connectivity index (χ0v) is 9.88. The second-order valence-corrected chi connectivity index (χ2v) is 4.23. The molecule has 16 heavy (non-hydrogen) atoms. The van der Waals surface area contributed by atoms with Gasteiger partial charge in [0.25, 0.3) is 0 Å². The molecule has 0 fully saturated rings. The van der Waals surface area contributed by atoms with Crippen LogP contribution < -0.4 is 4.74 Å². The van der Waals surface area contributed by atoms with Crippen LogP contribution in [0, 0.1) is 6.92 Å². The van der Waals surface area contributed by atoms with E-state index < -0.39 is 0 Å². The van der Waals surface area contributed by atoms with Crippen LogP contribution in [0.3, 0.4) is 0 Å². The smallest absolute Gasteiger partial charge is 0.225 e. The van der Waals surface area contributed by atoms with Gasteiger partial charge in [0.2, 0.25) is 5.78 Å². The maximum absolute atomic E-state index is 12.2. The average Bonchev–Trinajstić information content (AvgIpc) is 2.74. The molecule has 0 saturated heterocycles. The highest BCUT2D eigenvalue weighted by Gasteiger charge is 2.18. The van der Waals surface area contributed by atoms with Crippen molar-refractivity contribution in [2.75, 3.05) is 7.11 Å². The zero-order valence-electron chi connectivity index (χ0n) is 9.06. The van der Waals surface area contributed by atoms with Gasteiger partial charge in [0.05, 0.1) is 12.0 Å². The summed E-state index contributed by atoms with van der Waals surface area (Å²) in [6.07, 6.45) is 1.60. The van der Waals surface area contributed by atoms with Crippen LogP contribution >= 0.6 is 11.3 Å². The minimum Gasteiger partial charge on any atom is -0.494 e. The van der Waals surface area contributed by atoms with Gasteiger partial charge in [-0.1, -0.05) is 0 Å². The molecule has 0 spiro atoms. The first-order valence-electron chi connectivity index (χ1n) is 4.82. The van der Waals surface area contributed by atoms with Crippen LogP contribution in [0.4, 0.5) is 0 Å². The first kappa shape index (κ1) is 10.8. The molecular formula is C12H11NO2S. The molecule has 0 aliphatic heterocycles. The Kier molecular flexibility index (Phi) is 3.01. The molecule has 0 saturated carbocycles. The van der Waals surface area contributed by atoms with Gasteiger partial charge in [-0.2, -0.15) is 0 Å². The van der Waals surface area contributed by atoms with E-state index in [9.17, 15) is 4.79 Å². The van der Waals surface area contributed by atoms with Crippen molar-refractivity contribution in [1.29, 1.82) is 0 Å². The highest BCUT2D eigenvalue weighted by Crippen LogP contribution is 2.23. The number of hydrogen-bond donors (Lipinski definition) is 0. The lowest BCUT2D eigenvalue weighted by molar-refractivity contribution is 0.103. The van der Waals surface area contributed by atoms with Gasteiger partial charge in [-0.25, -0.2) is 4.98 Å². The van der Waals surface area contributed by atoms with Crippen LogP contribution in [0.15, 0.2) is 29.8 Å². The van der Waals surface area contributed by atoms with Crippen molar-refractivity contribution in [2.24, 2.45) is 0 Å². The Morgan fingerprint density at radius 1 is 1.44 bits per heavy atom. The predicted molar refractivity (Wildman–Crippen MR) is 63.3 cm³/mol. The zero-order chi connectivity index (χ0) is 11.5. The molecule has 2 rings (SSSR count). The molecule has 0 bridgehead atoms. The molecular weight excluding hydrogens is 222 g/mol. The van der Waals surface area contributed by atoms with E-state index in [-0.39, 0.29) is 5.78 Å². The normalized spacial score (nSPS) is 10.1. The van der Waals surface area contributed by atoms with Gasteiger partial charge in [0.15, 0.2) is 5.69 Å². The predicted octanol–water partition coefficient (Wildman–Crippen LogP) is 2.69. The molecule has 2 heterocycles. The summed E-state index contributed by atoms with van der Waals surface area (Å²) in [5, 5.41) is 1.90. The van der Waals surface area contributed by atoms with Crippen LogP contribution in [0.5, 0.6) is 5.75 Å². The van der Waals surface area contributed by atoms with Crippen LogP contribution in [0.1, 0.15) is 20.9 Å². The second kappa shape index (κ2) is 4.45. The third-order valence-corrected chi connectivity index (χ3v) is 3.29. The van der Waals surface area contributed by atoms with Crippen LogP contribution in [0.25, 0.3) is 0 Å². The topological polar surface area (TPSA) is 39.2 Å². The van der Waals surface area contributed by atoms with E-state index in [1.807, 2.05) is 18.4 Å². The number of thiophene rings is 1. The van der Waals surface area contributed by atoms with E-state index >= 15 is 0 Å². The van der Waals surface area contributed by atoms with Crippen molar-refractivity contribution in [3.63, 3.8) is 0 Å². The van der Waals surface area contributed by atoms with Crippen molar-refractivity contribution >= 4 is 17.1 Å². The summed E-state index contributed by atoms with van der Waals surface area (Å²) in [6, 6.07) is 5.41. The molecule has 0 aromatic carbocycles. The Hall–Kier alpha value is -1.68. The fourth-order valence-corrected chi connectivity index (χ4v) is 2.30. The molecule has 0 unspecified atom stereocenters. The lowest BCUT2D eigenvalue weighted by atomic mass is 10.1. The number of carbonyl (C=O) groups excluding carboxylic acids is 1. The van der Waals surface area contributed by atoms with Crippen molar-refractivity contribution in [2.45, 2.75) is 6.92 Å². The number of ether oxygens (including phenoxy) is 1. The number of methoxy groups -OCH3 is 1. The lowest BCUT2D eigenvalue weighted by Gasteiger charge is -2.05. The summed E-state index contributed by atoms with van der Waals surface area (Å²) >= 11 is 1.43. The Bertz CT molecular complexity index is 519. The van der Waals surface area contributed by atoms with E-state index in [0.717, 1.165) is 10.4 Å². The number of aromatic nitrogens is 1. The summed E-state index contributed by atoms with van der Waals surface area (Å²) in [5.74, 6) is 0.435. The maximum atomic E-state index is 12.2. The highest BCUT2D eigenvalue weighted by molar-refractivity contribution is 7.12. The van der Waals surface area contributed by atoms with Gasteiger partial charge < -0.3 is 4.74 Å². The van der Waals surface area contributed by atoms with Crippen LogP contribution in [0.2, 0.25) is 0 Å². The van der Waals surface area contributed by atoms with Gasteiger partial charge in [0, 0.05) is 6.20 Å². The molecule has 2 aromatic heterocycles. The van der Waals surface area contributed by atoms with Gasteiger partial charge in [-0.15, -0.1) is 11.3 Å². The number of pyridine rings is 1. The van der Waals surface area contributed by atoms with Gasteiger partial charge in [0.1, 0.15) is 5.75 Å². The van der Waals surface area contributed by atoms with Crippen LogP contribution in [-0.2, 0) is 0 Å². The largest absolute Gasteiger partial charge is 0.494 e. The third kappa shape index (κ3) is 1.84. The molecule has 0 atom stereocenters. The molecule has 0 N–H and O–H groups in total. The number of carbonyl (C=O) groups is 1. The standard InChI is InChI=1S/C12H11NO2S/c1-8-5-7-16-12(8)11(14)10-9(15-2)4-3-6-13-10/h3-7H,1-2H3. The highest BCUT2D eigenvalue weighted by atomic mass is 32.1. The van der Waals surface area contributed by atoms with Crippen molar-refractivity contribution in [3.05, 3.63) is 45.9 Å². The Balaban J connectivity index is 2.46. The summed E-state index contributed by atoms with van der Waals surface area (Å²) in [4.78, 5) is 17.0. The first-order chi connectivity index (χ1) is 7.74. The molecule has 0 aliphatic carbocycles. The number of rotatable bonds is 3. The van der Waals surface area contributed by atoms with Crippen LogP contribution in [-0.4, -0.2) is 17.9 Å². The Labute approximate surface area is 97.7 Å². The lowest BCUT2D eigenvalue weighted by Crippen LogP contribution is -2.05. The summed E-state index contributed by atoms with van der Waals surface area (Å²) < 4.78 is 5.13. The van der Waals surface area contributed by atoms with E-state index in [1.54, 1.807) is 18.3 Å². The second-order valence-electron chi connectivity index (χ2n) is 3.32. The summed E-state index contributed by atoms with van der Waals surface area (Å²) in [6.45, 7) is 1.92. The maximum Gasteiger partial charge on any atom is 0.225 e. The first-order valence-corrected chi connectivity index (χ1v) is 5.70. The van der Waals surface area contributed by atoms with Crippen molar-refractivity contribution < 1.29 is 9.53 Å². The van der Waals surface area contributed by atoms with Gasteiger partial charge >= 0.3 is 0 Å².